The number of aromatic nitrogens is 1. The van der Waals surface area contributed by atoms with E-state index in [2.05, 4.69) is 54.9 Å². The summed E-state index contributed by atoms with van der Waals surface area (Å²) in [5.74, 6) is 1.43. The maximum absolute atomic E-state index is 6.16. The van der Waals surface area contributed by atoms with Crippen molar-refractivity contribution < 1.29 is 9.22 Å². The Labute approximate surface area is 150 Å². The third-order valence-electron chi connectivity index (χ3n) is 6.90. The molecule has 1 aromatic carbocycles. The van der Waals surface area contributed by atoms with E-state index in [1.54, 1.807) is 0 Å². The zero-order valence-electron chi connectivity index (χ0n) is 15.4. The number of rotatable bonds is 5. The van der Waals surface area contributed by atoms with E-state index in [0.29, 0.717) is 12.0 Å². The van der Waals surface area contributed by atoms with Gasteiger partial charge in [-0.05, 0) is 30.5 Å². The van der Waals surface area contributed by atoms with Crippen molar-refractivity contribution in [3.05, 3.63) is 54.7 Å². The molecule has 2 bridgehead atoms. The predicted molar refractivity (Wildman–Crippen MR) is 102 cm³/mol. The Morgan fingerprint density at radius 1 is 1.36 bits per heavy atom. The summed E-state index contributed by atoms with van der Waals surface area (Å²) in [7, 11) is 1.88. The molecule has 0 amide bonds. The molecule has 3 aliphatic rings. The number of ether oxygens (including phenoxy) is 1. The number of benzene rings is 1. The van der Waals surface area contributed by atoms with Crippen LogP contribution < -0.4 is 0 Å². The third-order valence-corrected chi connectivity index (χ3v) is 6.90. The Morgan fingerprint density at radius 3 is 2.96 bits per heavy atom. The normalized spacial score (nSPS) is 32.6. The monoisotopic (exact) mass is 337 g/mol. The van der Waals surface area contributed by atoms with Crippen molar-refractivity contribution in [2.45, 2.75) is 31.9 Å². The van der Waals surface area contributed by atoms with Gasteiger partial charge in [-0.15, -0.1) is 6.58 Å². The number of fused-ring (bicyclic) bond motifs is 4. The Kier molecular flexibility index (Phi) is 4.38. The van der Waals surface area contributed by atoms with Crippen molar-refractivity contribution in [3.8, 4) is 0 Å². The number of para-hydroxylation sites is 1. The molecule has 3 nitrogen and oxygen atoms in total. The maximum atomic E-state index is 6.16. The zero-order chi connectivity index (χ0) is 17.4. The van der Waals surface area contributed by atoms with Crippen LogP contribution in [0, 0.1) is 11.8 Å². The van der Waals surface area contributed by atoms with E-state index in [9.17, 15) is 0 Å². The molecular formula is C22H29N2O+. The molecule has 1 aromatic heterocycles. The third kappa shape index (κ3) is 2.61. The second kappa shape index (κ2) is 6.54. The molecule has 5 rings (SSSR count). The molecule has 0 N–H and O–H groups in total. The highest BCUT2D eigenvalue weighted by Crippen LogP contribution is 2.47. The number of quaternary nitrogens is 1. The van der Waals surface area contributed by atoms with Crippen LogP contribution in [0.1, 0.15) is 31.4 Å². The first-order valence-electron chi connectivity index (χ1n) is 9.57. The number of hydrogen-bond donors (Lipinski definition) is 0. The molecule has 3 fully saturated rings. The van der Waals surface area contributed by atoms with Gasteiger partial charge in [0.05, 0.1) is 25.2 Å². The second-order valence-electron chi connectivity index (χ2n) is 7.77. The zero-order valence-corrected chi connectivity index (χ0v) is 15.4. The molecule has 0 spiro atoms. The summed E-state index contributed by atoms with van der Waals surface area (Å²) in [6.45, 7) is 10.1. The topological polar surface area (TPSA) is 22.1 Å². The molecule has 4 heterocycles. The highest BCUT2D eigenvalue weighted by atomic mass is 16.5. The quantitative estimate of drug-likeness (QED) is 0.598. The fourth-order valence-electron chi connectivity index (χ4n) is 5.48. The van der Waals surface area contributed by atoms with Crippen molar-refractivity contribution in [2.24, 2.45) is 11.8 Å². The lowest BCUT2D eigenvalue weighted by Crippen LogP contribution is -2.68. The number of hydrogen-bond acceptors (Lipinski definition) is 2. The van der Waals surface area contributed by atoms with Crippen LogP contribution in [0.25, 0.3) is 10.9 Å². The molecule has 0 radical (unpaired) electrons. The number of pyridine rings is 1. The van der Waals surface area contributed by atoms with Crippen LogP contribution >= 0.6 is 0 Å². The van der Waals surface area contributed by atoms with Crippen molar-refractivity contribution >= 4 is 10.9 Å². The summed E-state index contributed by atoms with van der Waals surface area (Å²) in [5.41, 5.74) is 2.36. The summed E-state index contributed by atoms with van der Waals surface area (Å²) in [6.07, 6.45) is 6.82. The Bertz CT molecular complexity index is 768. The van der Waals surface area contributed by atoms with Gasteiger partial charge in [0.2, 0.25) is 0 Å². The fourth-order valence-corrected chi connectivity index (χ4v) is 5.48. The van der Waals surface area contributed by atoms with Gasteiger partial charge in [-0.3, -0.25) is 4.98 Å². The largest absolute Gasteiger partial charge is 0.370 e. The summed E-state index contributed by atoms with van der Waals surface area (Å²) in [6, 6.07) is 11.1. The van der Waals surface area contributed by atoms with Crippen molar-refractivity contribution in [2.75, 3.05) is 26.7 Å². The minimum atomic E-state index is 0.126. The van der Waals surface area contributed by atoms with E-state index in [-0.39, 0.29) is 6.10 Å². The van der Waals surface area contributed by atoms with E-state index in [1.165, 1.54) is 47.9 Å². The fraction of sp³-hybridized carbons (Fsp3) is 0.500. The van der Waals surface area contributed by atoms with Gasteiger partial charge in [-0.2, -0.15) is 0 Å². The molecule has 132 valence electrons. The molecule has 3 heteroatoms. The lowest BCUT2D eigenvalue weighted by molar-refractivity contribution is -0.971. The molecule has 5 atom stereocenters. The number of likely N-dealkylation sites (N-methyl/N-ethyl adjacent to an activating group) is 1. The van der Waals surface area contributed by atoms with Crippen LogP contribution in [-0.4, -0.2) is 42.3 Å². The molecule has 2 aromatic rings. The predicted octanol–water partition coefficient (Wildman–Crippen LogP) is 4.35. The first kappa shape index (κ1) is 16.7. The highest BCUT2D eigenvalue weighted by molar-refractivity contribution is 5.82. The summed E-state index contributed by atoms with van der Waals surface area (Å²) in [5, 5.41) is 1.23. The van der Waals surface area contributed by atoms with Crippen LogP contribution in [0.3, 0.4) is 0 Å². The molecule has 4 unspecified atom stereocenters. The van der Waals surface area contributed by atoms with Gasteiger partial charge >= 0.3 is 0 Å². The van der Waals surface area contributed by atoms with Crippen LogP contribution in [0.4, 0.5) is 0 Å². The number of methoxy groups -OCH3 is 1. The van der Waals surface area contributed by atoms with Crippen LogP contribution in [-0.2, 0) is 4.74 Å². The van der Waals surface area contributed by atoms with Gasteiger partial charge in [0.15, 0.2) is 0 Å². The number of piperidine rings is 3. The average Bonchev–Trinajstić information content (AvgIpc) is 2.69. The van der Waals surface area contributed by atoms with E-state index in [4.69, 9.17) is 4.74 Å². The molecular weight excluding hydrogens is 308 g/mol. The molecule has 0 aliphatic carbocycles. The Morgan fingerprint density at radius 2 is 2.20 bits per heavy atom. The van der Waals surface area contributed by atoms with Crippen LogP contribution in [0.5, 0.6) is 0 Å². The SMILES string of the molecule is C=CC1C[N+]2(CC)CCC1CC2[C@@H](OC)c1ccnc2ccccc12. The summed E-state index contributed by atoms with van der Waals surface area (Å²) in [4.78, 5) is 4.54. The van der Waals surface area contributed by atoms with Gasteiger partial charge in [0, 0.05) is 37.5 Å². The average molecular weight is 337 g/mol. The van der Waals surface area contributed by atoms with Gasteiger partial charge < -0.3 is 9.22 Å². The lowest BCUT2D eigenvalue weighted by Gasteiger charge is -2.58. The molecule has 25 heavy (non-hydrogen) atoms. The van der Waals surface area contributed by atoms with Crippen LogP contribution in [0.15, 0.2) is 49.2 Å². The Balaban J connectivity index is 1.77. The standard InChI is InChI=1S/C22H29N2O/c1-4-16-15-24(5-2)13-11-17(16)14-21(24)22(25-3)19-10-12-23-20-9-7-6-8-18(19)20/h4,6-10,12,16-17,21-22H,1,5,11,13-15H2,2-3H3/q+1/t16?,17?,21?,22-,24?/m0/s1. The minimum Gasteiger partial charge on any atom is -0.370 e. The second-order valence-corrected chi connectivity index (χ2v) is 7.77. The smallest absolute Gasteiger partial charge is 0.134 e. The lowest BCUT2D eigenvalue weighted by atomic mass is 9.71. The highest BCUT2D eigenvalue weighted by Gasteiger charge is 2.53. The van der Waals surface area contributed by atoms with Crippen molar-refractivity contribution in [1.82, 2.24) is 4.98 Å². The van der Waals surface area contributed by atoms with Crippen molar-refractivity contribution in [1.29, 1.82) is 0 Å². The van der Waals surface area contributed by atoms with Gasteiger partial charge in [0.1, 0.15) is 12.1 Å². The van der Waals surface area contributed by atoms with E-state index in [1.807, 2.05) is 13.3 Å². The molecule has 0 saturated carbocycles. The van der Waals surface area contributed by atoms with Crippen molar-refractivity contribution in [3.63, 3.8) is 0 Å². The summed E-state index contributed by atoms with van der Waals surface area (Å²) >= 11 is 0. The maximum Gasteiger partial charge on any atom is 0.134 e. The Hall–Kier alpha value is -1.71. The van der Waals surface area contributed by atoms with E-state index >= 15 is 0 Å². The van der Waals surface area contributed by atoms with E-state index < -0.39 is 0 Å². The number of nitrogens with zero attached hydrogens (tertiary/aromatic N) is 2. The molecule has 3 aliphatic heterocycles. The van der Waals surface area contributed by atoms with Gasteiger partial charge in [-0.1, -0.05) is 24.3 Å². The van der Waals surface area contributed by atoms with Crippen LogP contribution in [0.2, 0.25) is 0 Å². The first-order chi connectivity index (χ1) is 12.2. The van der Waals surface area contributed by atoms with Gasteiger partial charge in [0.25, 0.3) is 0 Å². The first-order valence-corrected chi connectivity index (χ1v) is 9.57. The minimum absolute atomic E-state index is 0.126. The molecule has 3 saturated heterocycles. The van der Waals surface area contributed by atoms with Gasteiger partial charge in [-0.25, -0.2) is 0 Å². The summed E-state index contributed by atoms with van der Waals surface area (Å²) < 4.78 is 7.33. The van der Waals surface area contributed by atoms with E-state index in [0.717, 1.165) is 11.4 Å².